The Labute approximate surface area is 417 Å². The number of carbonyl (C=O) groups excluding carboxylic acids is 5. The number of rotatable bonds is 4. The van der Waals surface area contributed by atoms with Crippen molar-refractivity contribution in [1.29, 1.82) is 0 Å². The van der Waals surface area contributed by atoms with E-state index in [1.54, 1.807) is 28.4 Å². The van der Waals surface area contributed by atoms with E-state index in [4.69, 9.17) is 5.11 Å². The van der Waals surface area contributed by atoms with Crippen LogP contribution in [0.25, 0.3) is 6.08 Å². The molecule has 0 saturated heterocycles. The number of thiophene rings is 2. The van der Waals surface area contributed by atoms with Crippen molar-refractivity contribution in [3.05, 3.63) is 180 Å². The van der Waals surface area contributed by atoms with Gasteiger partial charge in [-0.1, -0.05) is 0 Å². The van der Waals surface area contributed by atoms with E-state index in [9.17, 15) is 24.0 Å². The van der Waals surface area contributed by atoms with Gasteiger partial charge in [0.15, 0.2) is 11.6 Å². The summed E-state index contributed by atoms with van der Waals surface area (Å²) in [6, 6.07) is 43.3. The summed E-state index contributed by atoms with van der Waals surface area (Å²) >= 11 is 2.88. The normalized spacial score (nSPS) is 15.2. The van der Waals surface area contributed by atoms with Gasteiger partial charge in [-0.15, -0.1) is 0 Å². The maximum absolute atomic E-state index is 12.7. The van der Waals surface area contributed by atoms with E-state index in [0.29, 0.717) is 27.8 Å². The Kier molecular flexibility index (Phi) is 13.5. The van der Waals surface area contributed by atoms with Crippen molar-refractivity contribution >= 4 is 156 Å². The van der Waals surface area contributed by atoms with Gasteiger partial charge in [-0.05, 0) is 6.92 Å². The molecule has 8 aromatic rings. The number of ketones is 4. The van der Waals surface area contributed by atoms with Crippen molar-refractivity contribution < 1.29 is 29.1 Å². The van der Waals surface area contributed by atoms with Crippen molar-refractivity contribution in [2.45, 2.75) is 39.5 Å². The summed E-state index contributed by atoms with van der Waals surface area (Å²) in [4.78, 5) is 63.2. The van der Waals surface area contributed by atoms with Crippen molar-refractivity contribution in [3.8, 4) is 0 Å². The predicted molar refractivity (Wildman–Crippen MR) is 286 cm³/mol. The SMILES string of the molecule is CCO.C[Si]1(C)c2ccccc2N(c2ccc(C=C3C(=O)c4cscc4C3=O)[se]2)c2ccccc21.C[Si]1(C)c2ccccc2N(c2ccc(C=O)[se]2)c2ccccc21.O=C1CC(=O)c2cscc21. The fraction of sp³-hybridized carbons (Fsp3) is 0.130. The Morgan fingerprint density at radius 2 is 0.868 bits per heavy atom. The van der Waals surface area contributed by atoms with Crippen LogP contribution in [0.5, 0.6) is 0 Å². The summed E-state index contributed by atoms with van der Waals surface area (Å²) in [7, 11) is -3.50. The molecule has 68 heavy (non-hydrogen) atoms. The van der Waals surface area contributed by atoms with Gasteiger partial charge in [-0.3, -0.25) is 9.59 Å². The minimum Gasteiger partial charge on any atom is -0.294 e. The number of hydrogen-bond donors (Lipinski definition) is 1. The first-order valence-electron chi connectivity index (χ1n) is 22.0. The van der Waals surface area contributed by atoms with Gasteiger partial charge in [0.2, 0.25) is 0 Å². The third-order valence-electron chi connectivity index (χ3n) is 12.6. The average molecular weight is 1100 g/mol. The zero-order valence-corrected chi connectivity index (χ0v) is 45.0. The number of carbonyl (C=O) groups is 5. The molecule has 14 heteroatoms. The third-order valence-corrected chi connectivity index (χ3v) is 25.4. The van der Waals surface area contributed by atoms with Crippen LogP contribution in [0, 0.1) is 0 Å². The number of anilines is 6. The number of aliphatic hydroxyl groups is 1. The molecule has 12 rings (SSSR count). The summed E-state index contributed by atoms with van der Waals surface area (Å²) in [5.41, 5.74) is 7.74. The van der Waals surface area contributed by atoms with Gasteiger partial charge in [0.1, 0.15) is 0 Å². The van der Waals surface area contributed by atoms with Crippen LogP contribution in [0.15, 0.2) is 148 Å². The number of aldehydes is 1. The number of Topliss-reactive ketones (excluding diaryl/α,β-unsaturated/α-hetero) is 4. The molecule has 0 radical (unpaired) electrons. The van der Waals surface area contributed by atoms with Crippen molar-refractivity contribution in [2.75, 3.05) is 16.4 Å². The van der Waals surface area contributed by atoms with Gasteiger partial charge >= 0.3 is 341 Å². The summed E-state index contributed by atoms with van der Waals surface area (Å²) in [6.45, 7) is 11.6. The van der Waals surface area contributed by atoms with Gasteiger partial charge in [0, 0.05) is 28.5 Å². The Morgan fingerprint density at radius 1 is 0.529 bits per heavy atom. The molecule has 0 amide bonds. The first-order chi connectivity index (χ1) is 32.8. The first kappa shape index (κ1) is 47.4. The quantitative estimate of drug-likeness (QED) is 0.0611. The Hall–Kier alpha value is -5.64. The number of nitrogens with zero attached hydrogens (tertiary/aromatic N) is 2. The zero-order valence-electron chi connectivity index (χ0n) is 37.9. The van der Waals surface area contributed by atoms with Crippen LogP contribution in [0.1, 0.15) is 68.4 Å². The summed E-state index contributed by atoms with van der Waals surface area (Å²) < 4.78 is 4.42. The second kappa shape index (κ2) is 19.4. The average Bonchev–Trinajstić information content (AvgIpc) is 4.22. The molecular weight excluding hydrogens is 1050 g/mol. The summed E-state index contributed by atoms with van der Waals surface area (Å²) in [5.74, 6) is -0.335. The number of aliphatic hydroxyl groups excluding tert-OH is 1. The van der Waals surface area contributed by atoms with Crippen LogP contribution in [-0.2, 0) is 0 Å². The Balaban J connectivity index is 0.000000139. The van der Waals surface area contributed by atoms with Crippen molar-refractivity contribution in [2.24, 2.45) is 0 Å². The van der Waals surface area contributed by atoms with E-state index in [0.717, 1.165) is 15.2 Å². The predicted octanol–water partition coefficient (Wildman–Crippen LogP) is 9.55. The van der Waals surface area contributed by atoms with E-state index < -0.39 is 16.1 Å². The minimum atomic E-state index is -1.80. The minimum absolute atomic E-state index is 0.00790. The van der Waals surface area contributed by atoms with E-state index >= 15 is 0 Å². The van der Waals surface area contributed by atoms with Crippen molar-refractivity contribution in [1.82, 2.24) is 0 Å². The molecule has 4 aromatic heterocycles. The molecule has 0 saturated carbocycles. The Morgan fingerprint density at radius 3 is 1.24 bits per heavy atom. The van der Waals surface area contributed by atoms with Crippen LogP contribution in [0.3, 0.4) is 0 Å². The van der Waals surface area contributed by atoms with Crippen LogP contribution >= 0.6 is 22.7 Å². The van der Waals surface area contributed by atoms with Crippen LogP contribution in [0.4, 0.5) is 31.9 Å². The maximum Gasteiger partial charge on any atom is 0.172 e. The molecule has 2 aliphatic carbocycles. The molecule has 1 N–H and O–H groups in total. The van der Waals surface area contributed by atoms with Crippen LogP contribution < -0.4 is 30.5 Å². The second-order valence-corrected chi connectivity index (χ2v) is 32.1. The van der Waals surface area contributed by atoms with E-state index in [1.165, 1.54) is 75.3 Å². The van der Waals surface area contributed by atoms with Gasteiger partial charge in [-0.2, -0.15) is 11.3 Å². The third kappa shape index (κ3) is 8.48. The molecule has 8 nitrogen and oxygen atoms in total. The number of hydrogen-bond acceptors (Lipinski definition) is 10. The zero-order chi connectivity index (χ0) is 47.9. The molecule has 0 unspecified atom stereocenters. The van der Waals surface area contributed by atoms with E-state index in [1.807, 2.05) is 12.1 Å². The van der Waals surface area contributed by atoms with Gasteiger partial charge in [0.25, 0.3) is 0 Å². The largest absolute Gasteiger partial charge is 0.294 e. The van der Waals surface area contributed by atoms with E-state index in [-0.39, 0.29) is 65.2 Å². The number of benzene rings is 4. The summed E-state index contributed by atoms with van der Waals surface area (Å²) in [6.07, 6.45) is 2.89. The fourth-order valence-corrected chi connectivity index (χ4v) is 20.7. The molecule has 4 aromatic carbocycles. The fourth-order valence-electron chi connectivity index (χ4n) is 9.26. The Bertz CT molecular complexity index is 3160. The maximum atomic E-state index is 12.7. The smallest absolute Gasteiger partial charge is 0.172 e. The van der Waals surface area contributed by atoms with Crippen LogP contribution in [-0.4, -0.2) is 86.3 Å². The van der Waals surface area contributed by atoms with Gasteiger partial charge < -0.3 is 5.11 Å². The molecule has 0 bridgehead atoms. The molecule has 0 spiro atoms. The first-order valence-corrected chi connectivity index (χ1v) is 33.3. The molecule has 0 fully saturated rings. The second-order valence-electron chi connectivity index (χ2n) is 17.4. The van der Waals surface area contributed by atoms with Crippen LogP contribution in [0.2, 0.25) is 26.2 Å². The molecule has 6 heterocycles. The topological polar surface area (TPSA) is 112 Å². The van der Waals surface area contributed by atoms with E-state index in [2.05, 4.69) is 151 Å². The molecule has 0 atom stereocenters. The molecule has 4 aliphatic rings. The molecule has 2 aliphatic heterocycles. The molecule has 340 valence electrons. The number of para-hydroxylation sites is 4. The number of allylic oxidation sites excluding steroid dienone is 1. The standard InChI is InChI=1S/C26H19NO2SSeSi.C19H17NOSeSi.C7H4O2S.C2H6O/c1-32(2)22-9-5-3-7-20(22)27(21-8-4-6-10-23(21)32)24-12-11-16(31-24)13-17-25(28)18-14-30-15-19(18)26(17)29;1-23(2)17-9-5-3-7-15(17)20(16-8-4-6-10-18(16)23)19-12-11-14(13-21)22-19;8-6-1-7(9)5-3-10-2-4(5)6;1-2-3/h3-15H,1-2H3;3-13H,1-2H3;2-3H,1H2;3H,2H2,1H3. The summed E-state index contributed by atoms with van der Waals surface area (Å²) in [5, 5.41) is 20.4. The van der Waals surface area contributed by atoms with Crippen molar-refractivity contribution in [3.63, 3.8) is 0 Å². The number of fused-ring (bicyclic) bond motifs is 6. The van der Waals surface area contributed by atoms with Gasteiger partial charge in [-0.25, -0.2) is 0 Å². The molecular formula is C54H46N2O6S2Se2Si2. The van der Waals surface area contributed by atoms with Gasteiger partial charge in [0.05, 0.1) is 6.42 Å². The monoisotopic (exact) mass is 1100 g/mol.